The molecule has 2 heterocycles. The quantitative estimate of drug-likeness (QED) is 0.687. The van der Waals surface area contributed by atoms with E-state index in [0.29, 0.717) is 17.9 Å². The van der Waals surface area contributed by atoms with Crippen LogP contribution in [0.25, 0.3) is 0 Å². The SMILES string of the molecule is O=C(NCc1ccco1)c1ccnc(C(=O)NCCc2ccccc2)c1. The number of carbonyl (C=O) groups is 2. The molecule has 0 saturated heterocycles. The minimum absolute atomic E-state index is 0.212. The molecule has 0 fully saturated rings. The number of furan rings is 1. The number of nitrogens with one attached hydrogen (secondary N) is 2. The summed E-state index contributed by atoms with van der Waals surface area (Å²) < 4.78 is 5.17. The van der Waals surface area contributed by atoms with Crippen molar-refractivity contribution in [2.45, 2.75) is 13.0 Å². The molecule has 6 nitrogen and oxygen atoms in total. The molecule has 3 rings (SSSR count). The third kappa shape index (κ3) is 4.80. The largest absolute Gasteiger partial charge is 0.467 e. The average molecular weight is 349 g/mol. The first kappa shape index (κ1) is 17.4. The lowest BCUT2D eigenvalue weighted by Crippen LogP contribution is -2.27. The van der Waals surface area contributed by atoms with Gasteiger partial charge in [-0.1, -0.05) is 30.3 Å². The number of hydrogen-bond acceptors (Lipinski definition) is 4. The van der Waals surface area contributed by atoms with Crippen molar-refractivity contribution in [1.82, 2.24) is 15.6 Å². The van der Waals surface area contributed by atoms with E-state index in [4.69, 9.17) is 4.42 Å². The molecule has 0 aliphatic carbocycles. The third-order valence-electron chi connectivity index (χ3n) is 3.80. The number of amides is 2. The molecule has 0 spiro atoms. The molecule has 26 heavy (non-hydrogen) atoms. The molecule has 0 radical (unpaired) electrons. The zero-order chi connectivity index (χ0) is 18.2. The highest BCUT2D eigenvalue weighted by atomic mass is 16.3. The maximum absolute atomic E-state index is 12.2. The molecule has 0 aliphatic rings. The Hall–Kier alpha value is -3.41. The lowest BCUT2D eigenvalue weighted by atomic mass is 10.1. The van der Waals surface area contributed by atoms with Crippen LogP contribution in [0.1, 0.15) is 32.2 Å². The number of carbonyl (C=O) groups excluding carboxylic acids is 2. The van der Waals surface area contributed by atoms with Crippen LogP contribution >= 0.6 is 0 Å². The van der Waals surface area contributed by atoms with E-state index in [-0.39, 0.29) is 24.1 Å². The second kappa shape index (κ2) is 8.62. The fourth-order valence-corrected chi connectivity index (χ4v) is 2.43. The van der Waals surface area contributed by atoms with Crippen molar-refractivity contribution in [3.8, 4) is 0 Å². The standard InChI is InChI=1S/C20H19N3O3/c24-19(23-14-17-7-4-12-26-17)16-9-11-21-18(13-16)20(25)22-10-8-15-5-2-1-3-6-15/h1-7,9,11-13H,8,10,14H2,(H,22,25)(H,23,24). The van der Waals surface area contributed by atoms with Crippen LogP contribution in [0.2, 0.25) is 0 Å². The molecule has 2 amide bonds. The summed E-state index contributed by atoms with van der Waals surface area (Å²) in [4.78, 5) is 28.5. The van der Waals surface area contributed by atoms with E-state index in [1.165, 1.54) is 12.3 Å². The number of aromatic nitrogens is 1. The minimum Gasteiger partial charge on any atom is -0.467 e. The average Bonchev–Trinajstić information content (AvgIpc) is 3.20. The highest BCUT2D eigenvalue weighted by molar-refractivity contribution is 5.98. The van der Waals surface area contributed by atoms with Crippen LogP contribution in [0.4, 0.5) is 0 Å². The molecule has 0 unspecified atom stereocenters. The molecule has 6 heteroatoms. The van der Waals surface area contributed by atoms with Gasteiger partial charge in [-0.25, -0.2) is 0 Å². The van der Waals surface area contributed by atoms with E-state index >= 15 is 0 Å². The van der Waals surface area contributed by atoms with Gasteiger partial charge in [-0.3, -0.25) is 14.6 Å². The van der Waals surface area contributed by atoms with E-state index in [0.717, 1.165) is 12.0 Å². The Bertz CT molecular complexity index is 861. The van der Waals surface area contributed by atoms with Crippen LogP contribution in [0.3, 0.4) is 0 Å². The predicted octanol–water partition coefficient (Wildman–Crippen LogP) is 2.58. The van der Waals surface area contributed by atoms with Crippen molar-refractivity contribution in [3.05, 3.63) is 89.6 Å². The van der Waals surface area contributed by atoms with Crippen LogP contribution in [0, 0.1) is 0 Å². The van der Waals surface area contributed by atoms with Gasteiger partial charge in [0.15, 0.2) is 0 Å². The van der Waals surface area contributed by atoms with Crippen molar-refractivity contribution < 1.29 is 14.0 Å². The van der Waals surface area contributed by atoms with Crippen molar-refractivity contribution in [2.24, 2.45) is 0 Å². The van der Waals surface area contributed by atoms with Crippen molar-refractivity contribution in [2.75, 3.05) is 6.54 Å². The molecule has 1 aromatic carbocycles. The Kier molecular flexibility index (Phi) is 5.77. The maximum Gasteiger partial charge on any atom is 0.269 e. The Labute approximate surface area is 151 Å². The van der Waals surface area contributed by atoms with Gasteiger partial charge in [0, 0.05) is 18.3 Å². The molecule has 3 aromatic rings. The predicted molar refractivity (Wildman–Crippen MR) is 96.6 cm³/mol. The first-order valence-electron chi connectivity index (χ1n) is 8.31. The first-order valence-corrected chi connectivity index (χ1v) is 8.31. The van der Waals surface area contributed by atoms with Gasteiger partial charge in [-0.15, -0.1) is 0 Å². The molecular weight excluding hydrogens is 330 g/mol. The van der Waals surface area contributed by atoms with Gasteiger partial charge in [0.25, 0.3) is 11.8 Å². The van der Waals surface area contributed by atoms with Crippen LogP contribution in [-0.2, 0) is 13.0 Å². The van der Waals surface area contributed by atoms with Crippen LogP contribution < -0.4 is 10.6 Å². The van der Waals surface area contributed by atoms with E-state index in [1.807, 2.05) is 30.3 Å². The topological polar surface area (TPSA) is 84.2 Å². The first-order chi connectivity index (χ1) is 12.7. The Morgan fingerprint density at radius 3 is 2.58 bits per heavy atom. The van der Waals surface area contributed by atoms with Gasteiger partial charge in [0.1, 0.15) is 11.5 Å². The Morgan fingerprint density at radius 2 is 1.81 bits per heavy atom. The van der Waals surface area contributed by atoms with Gasteiger partial charge in [-0.2, -0.15) is 0 Å². The number of rotatable bonds is 7. The number of benzene rings is 1. The lowest BCUT2D eigenvalue weighted by molar-refractivity contribution is 0.0948. The van der Waals surface area contributed by atoms with Crippen LogP contribution in [0.15, 0.2) is 71.5 Å². The van der Waals surface area contributed by atoms with Gasteiger partial charge in [0.2, 0.25) is 0 Å². The van der Waals surface area contributed by atoms with E-state index in [9.17, 15) is 9.59 Å². The summed E-state index contributed by atoms with van der Waals surface area (Å²) in [5.41, 5.74) is 1.73. The van der Waals surface area contributed by atoms with Gasteiger partial charge in [0.05, 0.1) is 12.8 Å². The van der Waals surface area contributed by atoms with Gasteiger partial charge < -0.3 is 15.1 Å². The smallest absolute Gasteiger partial charge is 0.269 e. The Balaban J connectivity index is 1.54. The molecule has 132 valence electrons. The van der Waals surface area contributed by atoms with Crippen LogP contribution in [-0.4, -0.2) is 23.3 Å². The molecule has 2 N–H and O–H groups in total. The van der Waals surface area contributed by atoms with Crippen molar-refractivity contribution in [1.29, 1.82) is 0 Å². The minimum atomic E-state index is -0.304. The van der Waals surface area contributed by atoms with Gasteiger partial charge in [-0.05, 0) is 36.2 Å². The van der Waals surface area contributed by atoms with Crippen molar-refractivity contribution >= 4 is 11.8 Å². The summed E-state index contributed by atoms with van der Waals surface area (Å²) in [7, 11) is 0. The van der Waals surface area contributed by atoms with E-state index < -0.39 is 0 Å². The number of hydrogen-bond donors (Lipinski definition) is 2. The van der Waals surface area contributed by atoms with Gasteiger partial charge >= 0.3 is 0 Å². The summed E-state index contributed by atoms with van der Waals surface area (Å²) in [6.45, 7) is 0.784. The zero-order valence-corrected chi connectivity index (χ0v) is 14.1. The highest BCUT2D eigenvalue weighted by Crippen LogP contribution is 2.05. The summed E-state index contributed by atoms with van der Waals surface area (Å²) in [5.74, 6) is 0.0648. The second-order valence-corrected chi connectivity index (χ2v) is 5.68. The second-order valence-electron chi connectivity index (χ2n) is 5.68. The number of nitrogens with zero attached hydrogens (tertiary/aromatic N) is 1. The zero-order valence-electron chi connectivity index (χ0n) is 14.1. The molecule has 0 aliphatic heterocycles. The molecule has 0 atom stereocenters. The molecule has 0 bridgehead atoms. The summed E-state index contributed by atoms with van der Waals surface area (Å²) in [6.07, 6.45) is 3.73. The van der Waals surface area contributed by atoms with Crippen LogP contribution in [0.5, 0.6) is 0 Å². The normalized spacial score (nSPS) is 10.3. The molecule has 0 saturated carbocycles. The summed E-state index contributed by atoms with van der Waals surface area (Å²) in [6, 6.07) is 16.5. The number of pyridine rings is 1. The maximum atomic E-state index is 12.2. The lowest BCUT2D eigenvalue weighted by Gasteiger charge is -2.07. The van der Waals surface area contributed by atoms with Crippen molar-refractivity contribution in [3.63, 3.8) is 0 Å². The van der Waals surface area contributed by atoms with E-state index in [1.54, 1.807) is 24.5 Å². The summed E-state index contributed by atoms with van der Waals surface area (Å²) >= 11 is 0. The molecule has 2 aromatic heterocycles. The third-order valence-corrected chi connectivity index (χ3v) is 3.80. The highest BCUT2D eigenvalue weighted by Gasteiger charge is 2.12. The fraction of sp³-hybridized carbons (Fsp3) is 0.150. The Morgan fingerprint density at radius 1 is 0.962 bits per heavy atom. The fourth-order valence-electron chi connectivity index (χ4n) is 2.43. The summed E-state index contributed by atoms with van der Waals surface area (Å²) in [5, 5.41) is 5.56. The van der Waals surface area contributed by atoms with E-state index in [2.05, 4.69) is 15.6 Å². The monoisotopic (exact) mass is 349 g/mol. The molecular formula is C20H19N3O3.